The minimum Gasteiger partial charge on any atom is -0.444 e. The van der Waals surface area contributed by atoms with Gasteiger partial charge in [0.1, 0.15) is 18.0 Å². The molecule has 1 saturated heterocycles. The Morgan fingerprint density at radius 1 is 1.14 bits per heavy atom. The quantitative estimate of drug-likeness (QED) is 0.722. The number of halogens is 1. The van der Waals surface area contributed by atoms with Crippen LogP contribution in [0.25, 0.3) is 0 Å². The summed E-state index contributed by atoms with van der Waals surface area (Å²) in [7, 11) is 0. The van der Waals surface area contributed by atoms with Crippen molar-refractivity contribution in [1.29, 1.82) is 0 Å². The highest BCUT2D eigenvalue weighted by atomic mass is 19.1. The summed E-state index contributed by atoms with van der Waals surface area (Å²) in [5.41, 5.74) is 0.711. The lowest BCUT2D eigenvalue weighted by Gasteiger charge is -2.43. The van der Waals surface area contributed by atoms with Crippen LogP contribution in [0.1, 0.15) is 59.1 Å². The van der Waals surface area contributed by atoms with Crippen LogP contribution in [0.15, 0.2) is 18.2 Å². The number of piperazine rings is 1. The van der Waals surface area contributed by atoms with Crippen LogP contribution in [0.2, 0.25) is 0 Å². The number of ether oxygens (including phenoxy) is 2. The van der Waals surface area contributed by atoms with E-state index in [0.29, 0.717) is 18.7 Å². The van der Waals surface area contributed by atoms with Crippen molar-refractivity contribution in [2.24, 2.45) is 0 Å². The second-order valence-corrected chi connectivity index (χ2v) is 8.72. The second-order valence-electron chi connectivity index (χ2n) is 8.72. The highest BCUT2D eigenvalue weighted by molar-refractivity contribution is 5.71. The van der Waals surface area contributed by atoms with Crippen molar-refractivity contribution >= 4 is 12.2 Å². The minimum absolute atomic E-state index is 0.122. The summed E-state index contributed by atoms with van der Waals surface area (Å²) in [5, 5.41) is 0. The van der Waals surface area contributed by atoms with Gasteiger partial charge < -0.3 is 14.4 Å². The number of benzene rings is 1. The van der Waals surface area contributed by atoms with Crippen LogP contribution in [-0.4, -0.2) is 52.8 Å². The van der Waals surface area contributed by atoms with E-state index >= 15 is 0 Å². The molecule has 0 N–H and O–H groups in total. The van der Waals surface area contributed by atoms with E-state index in [1.165, 1.54) is 6.07 Å². The summed E-state index contributed by atoms with van der Waals surface area (Å²) < 4.78 is 25.0. The maximum absolute atomic E-state index is 14.2. The van der Waals surface area contributed by atoms with Gasteiger partial charge in [0, 0.05) is 18.7 Å². The fourth-order valence-corrected chi connectivity index (χ4v) is 3.52. The van der Waals surface area contributed by atoms with Crippen molar-refractivity contribution in [3.63, 3.8) is 0 Å². The van der Waals surface area contributed by atoms with Crippen LogP contribution in [0.5, 0.6) is 0 Å². The number of carbonyl (C=O) groups excluding carboxylic acids is 2. The first-order valence-electron chi connectivity index (χ1n) is 10.2. The van der Waals surface area contributed by atoms with Gasteiger partial charge in [0.05, 0.1) is 12.1 Å². The Labute approximate surface area is 172 Å². The van der Waals surface area contributed by atoms with Crippen molar-refractivity contribution in [2.75, 3.05) is 13.1 Å². The van der Waals surface area contributed by atoms with Crippen molar-refractivity contribution in [2.45, 2.75) is 78.7 Å². The molecule has 0 spiro atoms. The molecule has 0 radical (unpaired) electrons. The number of nitrogens with zero attached hydrogens (tertiary/aromatic N) is 2. The van der Waals surface area contributed by atoms with Gasteiger partial charge in [-0.25, -0.2) is 14.0 Å². The third-order valence-electron chi connectivity index (χ3n) is 4.79. The van der Waals surface area contributed by atoms with Crippen LogP contribution >= 0.6 is 0 Å². The van der Waals surface area contributed by atoms with E-state index in [4.69, 9.17) is 9.47 Å². The Bertz CT molecular complexity index is 720. The number of hydrogen-bond acceptors (Lipinski definition) is 4. The molecule has 2 unspecified atom stereocenters. The summed E-state index contributed by atoms with van der Waals surface area (Å²) >= 11 is 0. The lowest BCUT2D eigenvalue weighted by Crippen LogP contribution is -2.60. The molecule has 0 bridgehead atoms. The summed E-state index contributed by atoms with van der Waals surface area (Å²) in [6, 6.07) is 4.55. The van der Waals surface area contributed by atoms with Gasteiger partial charge in [0.15, 0.2) is 0 Å². The standard InChI is InChI=1S/C22H33FN2O4/c1-7-8-17-9-10-18(19(23)11-17)14-28-21(27)25-15(2)12-24(13-16(25)3)20(26)29-22(4,5)6/h9-11,15-16H,7-8,12-14H2,1-6H3. The van der Waals surface area contributed by atoms with E-state index in [1.807, 2.05) is 47.6 Å². The molecule has 1 aromatic rings. The number of carbonyl (C=O) groups is 2. The smallest absolute Gasteiger partial charge is 0.410 e. The topological polar surface area (TPSA) is 59.1 Å². The van der Waals surface area contributed by atoms with Gasteiger partial charge >= 0.3 is 12.2 Å². The van der Waals surface area contributed by atoms with Gasteiger partial charge in [0.25, 0.3) is 0 Å². The largest absolute Gasteiger partial charge is 0.444 e. The maximum Gasteiger partial charge on any atom is 0.410 e. The monoisotopic (exact) mass is 408 g/mol. The van der Waals surface area contributed by atoms with Crippen LogP contribution in [0.3, 0.4) is 0 Å². The zero-order chi connectivity index (χ0) is 21.8. The molecule has 6 nitrogen and oxygen atoms in total. The van der Waals surface area contributed by atoms with E-state index in [0.717, 1.165) is 18.4 Å². The Morgan fingerprint density at radius 3 is 2.28 bits per heavy atom. The lowest BCUT2D eigenvalue weighted by molar-refractivity contribution is -0.00983. The molecule has 1 heterocycles. The van der Waals surface area contributed by atoms with E-state index in [9.17, 15) is 14.0 Å². The predicted octanol–water partition coefficient (Wildman–Crippen LogP) is 4.74. The number of hydrogen-bond donors (Lipinski definition) is 0. The molecule has 0 saturated carbocycles. The SMILES string of the molecule is CCCc1ccc(COC(=O)N2C(C)CN(C(=O)OC(C)(C)C)CC2C)c(F)c1. The molecule has 2 amide bonds. The zero-order valence-electron chi connectivity index (χ0n) is 18.3. The van der Waals surface area contributed by atoms with Gasteiger partial charge in [-0.1, -0.05) is 25.5 Å². The summed E-state index contributed by atoms with van der Waals surface area (Å²) in [5.74, 6) is -0.361. The van der Waals surface area contributed by atoms with Gasteiger partial charge in [-0.15, -0.1) is 0 Å². The van der Waals surface area contributed by atoms with Crippen molar-refractivity contribution in [1.82, 2.24) is 9.80 Å². The van der Waals surface area contributed by atoms with E-state index in [1.54, 1.807) is 15.9 Å². The molecule has 2 atom stereocenters. The van der Waals surface area contributed by atoms with Gasteiger partial charge in [-0.2, -0.15) is 0 Å². The Hall–Kier alpha value is -2.31. The summed E-state index contributed by atoms with van der Waals surface area (Å²) in [4.78, 5) is 28.2. The van der Waals surface area contributed by atoms with E-state index in [-0.39, 0.29) is 24.5 Å². The van der Waals surface area contributed by atoms with Gasteiger partial charge in [0.2, 0.25) is 0 Å². The first-order valence-corrected chi connectivity index (χ1v) is 10.2. The van der Waals surface area contributed by atoms with Crippen molar-refractivity contribution < 1.29 is 23.5 Å². The minimum atomic E-state index is -0.573. The number of rotatable bonds is 4. The third kappa shape index (κ3) is 6.34. The molecule has 1 aromatic carbocycles. The van der Waals surface area contributed by atoms with Crippen LogP contribution in [0, 0.1) is 5.82 Å². The first kappa shape index (κ1) is 23.0. The molecule has 162 valence electrons. The normalized spacial score (nSPS) is 19.8. The Balaban J connectivity index is 1.95. The molecule has 2 rings (SSSR count). The fraction of sp³-hybridized carbons (Fsp3) is 0.636. The molecule has 1 fully saturated rings. The van der Waals surface area contributed by atoms with E-state index in [2.05, 4.69) is 0 Å². The van der Waals surface area contributed by atoms with Crippen molar-refractivity contribution in [3.05, 3.63) is 35.1 Å². The molecule has 7 heteroatoms. The number of amides is 2. The van der Waals surface area contributed by atoms with Gasteiger partial charge in [-0.3, -0.25) is 4.90 Å². The molecule has 0 aliphatic carbocycles. The molecular formula is C22H33FN2O4. The highest BCUT2D eigenvalue weighted by Gasteiger charge is 2.37. The third-order valence-corrected chi connectivity index (χ3v) is 4.79. The van der Waals surface area contributed by atoms with Crippen LogP contribution in [-0.2, 0) is 22.5 Å². The molecule has 0 aromatic heterocycles. The fourth-order valence-electron chi connectivity index (χ4n) is 3.52. The average Bonchev–Trinajstić information content (AvgIpc) is 2.59. The van der Waals surface area contributed by atoms with Gasteiger partial charge in [-0.05, 0) is 52.7 Å². The predicted molar refractivity (Wildman–Crippen MR) is 109 cm³/mol. The summed E-state index contributed by atoms with van der Waals surface area (Å²) in [6.07, 6.45) is 0.858. The van der Waals surface area contributed by atoms with E-state index < -0.39 is 17.8 Å². The summed E-state index contributed by atoms with van der Waals surface area (Å²) in [6.45, 7) is 11.8. The second kappa shape index (κ2) is 9.46. The zero-order valence-corrected chi connectivity index (χ0v) is 18.3. The highest BCUT2D eigenvalue weighted by Crippen LogP contribution is 2.21. The Morgan fingerprint density at radius 2 is 1.76 bits per heavy atom. The Kier molecular flexibility index (Phi) is 7.49. The number of aryl methyl sites for hydroxylation is 1. The molecular weight excluding hydrogens is 375 g/mol. The first-order chi connectivity index (χ1) is 13.5. The maximum atomic E-state index is 14.2. The molecule has 1 aliphatic rings. The molecule has 1 aliphatic heterocycles. The van der Waals surface area contributed by atoms with Crippen LogP contribution in [0.4, 0.5) is 14.0 Å². The lowest BCUT2D eigenvalue weighted by atomic mass is 10.1. The van der Waals surface area contributed by atoms with Crippen LogP contribution < -0.4 is 0 Å². The molecule has 29 heavy (non-hydrogen) atoms. The average molecular weight is 409 g/mol. The van der Waals surface area contributed by atoms with Crippen molar-refractivity contribution in [3.8, 4) is 0 Å².